The van der Waals surface area contributed by atoms with Gasteiger partial charge in [0.05, 0.1) is 11.9 Å². The van der Waals surface area contributed by atoms with Gasteiger partial charge in [0, 0.05) is 36.0 Å². The molecule has 0 atom stereocenters. The van der Waals surface area contributed by atoms with Crippen molar-refractivity contribution in [3.63, 3.8) is 0 Å². The van der Waals surface area contributed by atoms with Crippen molar-refractivity contribution in [1.29, 1.82) is 0 Å². The summed E-state index contributed by atoms with van der Waals surface area (Å²) in [5.74, 6) is 1.52. The van der Waals surface area contributed by atoms with Gasteiger partial charge in [0.2, 0.25) is 0 Å². The van der Waals surface area contributed by atoms with E-state index in [4.69, 9.17) is 0 Å². The van der Waals surface area contributed by atoms with Gasteiger partial charge in [0.25, 0.3) is 0 Å². The van der Waals surface area contributed by atoms with Crippen LogP contribution < -0.4 is 5.32 Å². The maximum atomic E-state index is 4.48. The minimum absolute atomic E-state index is 0.674. The van der Waals surface area contributed by atoms with Crippen LogP contribution in [0.3, 0.4) is 0 Å². The van der Waals surface area contributed by atoms with E-state index in [-0.39, 0.29) is 0 Å². The van der Waals surface area contributed by atoms with Gasteiger partial charge in [-0.2, -0.15) is 10.2 Å². The fourth-order valence-electron chi connectivity index (χ4n) is 2.99. The highest BCUT2D eigenvalue weighted by Gasteiger charge is 2.25. The molecule has 5 nitrogen and oxygen atoms in total. The summed E-state index contributed by atoms with van der Waals surface area (Å²) in [4.78, 5) is 0. The van der Waals surface area contributed by atoms with Gasteiger partial charge in [0.15, 0.2) is 5.82 Å². The van der Waals surface area contributed by atoms with Gasteiger partial charge in [-0.1, -0.05) is 25.6 Å². The Bertz CT molecular complexity index is 885. The Morgan fingerprint density at radius 3 is 3.00 bits per heavy atom. The highest BCUT2D eigenvalue weighted by Crippen LogP contribution is 2.39. The molecule has 1 fully saturated rings. The highest BCUT2D eigenvalue weighted by molar-refractivity contribution is 5.44. The van der Waals surface area contributed by atoms with E-state index in [1.165, 1.54) is 24.1 Å². The number of hydrogen-bond donors (Lipinski definition) is 2. The van der Waals surface area contributed by atoms with Crippen molar-refractivity contribution in [1.82, 2.24) is 20.0 Å². The van der Waals surface area contributed by atoms with Crippen molar-refractivity contribution in [2.24, 2.45) is 0 Å². The molecule has 3 aromatic rings. The van der Waals surface area contributed by atoms with Crippen molar-refractivity contribution in [3.05, 3.63) is 71.8 Å². The standard InChI is InChI=1S/C20H23N5/c1-3-15-5-4-6-18(10-15)25-13-16(12-21-25)9-14(2)22-20-11-19(23-24-20)17-7-8-17/h4-6,10-13,17H,2-3,7-9H2,1H3,(H2,22,23,24). The number of benzene rings is 1. The van der Waals surface area contributed by atoms with Crippen molar-refractivity contribution < 1.29 is 0 Å². The monoisotopic (exact) mass is 333 g/mol. The third-order valence-corrected chi connectivity index (χ3v) is 4.56. The van der Waals surface area contributed by atoms with Crippen LogP contribution in [0.5, 0.6) is 0 Å². The molecular weight excluding hydrogens is 310 g/mol. The van der Waals surface area contributed by atoms with E-state index < -0.39 is 0 Å². The van der Waals surface area contributed by atoms with Crippen molar-refractivity contribution in [2.75, 3.05) is 5.32 Å². The minimum atomic E-state index is 0.674. The number of H-pyrrole nitrogens is 1. The Morgan fingerprint density at radius 2 is 2.20 bits per heavy atom. The second-order valence-corrected chi connectivity index (χ2v) is 6.70. The van der Waals surface area contributed by atoms with E-state index >= 15 is 0 Å². The molecule has 2 heterocycles. The van der Waals surface area contributed by atoms with Crippen LogP contribution in [0.2, 0.25) is 0 Å². The van der Waals surface area contributed by atoms with Gasteiger partial charge >= 0.3 is 0 Å². The Kier molecular flexibility index (Phi) is 4.14. The molecule has 128 valence electrons. The first-order valence-corrected chi connectivity index (χ1v) is 8.84. The number of aryl methyl sites for hydroxylation is 1. The molecule has 2 N–H and O–H groups in total. The van der Waals surface area contributed by atoms with Crippen molar-refractivity contribution >= 4 is 5.82 Å². The summed E-state index contributed by atoms with van der Waals surface area (Å²) < 4.78 is 1.92. The fraction of sp³-hybridized carbons (Fsp3) is 0.300. The number of anilines is 1. The molecule has 4 rings (SSSR count). The molecule has 0 saturated heterocycles. The number of aromatic nitrogens is 4. The summed E-state index contributed by atoms with van der Waals surface area (Å²) in [6.45, 7) is 6.28. The molecule has 0 unspecified atom stereocenters. The van der Waals surface area contributed by atoms with Crippen molar-refractivity contribution in [2.45, 2.75) is 38.5 Å². The molecule has 1 aromatic carbocycles. The van der Waals surface area contributed by atoms with Crippen LogP contribution in [0.4, 0.5) is 5.82 Å². The lowest BCUT2D eigenvalue weighted by Gasteiger charge is -2.05. The zero-order chi connectivity index (χ0) is 17.2. The van der Waals surface area contributed by atoms with Gasteiger partial charge in [-0.15, -0.1) is 0 Å². The Morgan fingerprint density at radius 1 is 1.32 bits per heavy atom. The Hall–Kier alpha value is -2.82. The molecule has 0 aliphatic heterocycles. The van der Waals surface area contributed by atoms with E-state index in [1.54, 1.807) is 0 Å². The van der Waals surface area contributed by atoms with Gasteiger partial charge < -0.3 is 5.32 Å². The molecular formula is C20H23N5. The average molecular weight is 333 g/mol. The molecule has 0 radical (unpaired) electrons. The molecule has 2 aromatic heterocycles. The smallest absolute Gasteiger partial charge is 0.152 e. The van der Waals surface area contributed by atoms with Crippen LogP contribution in [-0.4, -0.2) is 20.0 Å². The van der Waals surface area contributed by atoms with E-state index in [0.717, 1.165) is 35.6 Å². The third kappa shape index (κ3) is 3.65. The summed E-state index contributed by atoms with van der Waals surface area (Å²) >= 11 is 0. The van der Waals surface area contributed by atoms with Gasteiger partial charge in [0.1, 0.15) is 0 Å². The molecule has 1 aliphatic carbocycles. The predicted molar refractivity (Wildman–Crippen MR) is 100.0 cm³/mol. The second-order valence-electron chi connectivity index (χ2n) is 6.70. The van der Waals surface area contributed by atoms with Crippen LogP contribution in [0, 0.1) is 0 Å². The molecule has 1 aliphatic rings. The molecule has 25 heavy (non-hydrogen) atoms. The summed E-state index contributed by atoms with van der Waals surface area (Å²) in [5.41, 5.74) is 5.66. The second kappa shape index (κ2) is 6.59. The fourth-order valence-corrected chi connectivity index (χ4v) is 2.99. The van der Waals surface area contributed by atoms with Crippen LogP contribution in [-0.2, 0) is 12.8 Å². The van der Waals surface area contributed by atoms with Crippen LogP contribution in [0.1, 0.15) is 42.5 Å². The molecule has 5 heteroatoms. The van der Waals surface area contributed by atoms with E-state index in [0.29, 0.717) is 5.92 Å². The maximum Gasteiger partial charge on any atom is 0.152 e. The number of rotatable bonds is 7. The Labute approximate surface area is 147 Å². The van der Waals surface area contributed by atoms with E-state index in [2.05, 4.69) is 70.6 Å². The molecule has 1 saturated carbocycles. The normalized spacial score (nSPS) is 13.8. The summed E-state index contributed by atoms with van der Waals surface area (Å²) in [7, 11) is 0. The first-order valence-electron chi connectivity index (χ1n) is 8.84. The minimum Gasteiger partial charge on any atom is -0.343 e. The summed E-state index contributed by atoms with van der Waals surface area (Å²) in [5, 5.41) is 15.2. The SMILES string of the molecule is C=C(Cc1cnn(-c2cccc(CC)c2)c1)Nc1cc(C2CC2)[nH]n1. The average Bonchev–Trinajstić information content (AvgIpc) is 3.20. The number of nitrogens with one attached hydrogen (secondary N) is 2. The van der Waals surface area contributed by atoms with Crippen LogP contribution >= 0.6 is 0 Å². The van der Waals surface area contributed by atoms with Crippen molar-refractivity contribution in [3.8, 4) is 5.69 Å². The zero-order valence-corrected chi connectivity index (χ0v) is 14.5. The molecule has 0 amide bonds. The summed E-state index contributed by atoms with van der Waals surface area (Å²) in [6, 6.07) is 10.5. The highest BCUT2D eigenvalue weighted by atomic mass is 15.3. The number of hydrogen-bond acceptors (Lipinski definition) is 3. The van der Waals surface area contributed by atoms with Gasteiger partial charge in [-0.25, -0.2) is 4.68 Å². The zero-order valence-electron chi connectivity index (χ0n) is 14.5. The third-order valence-electron chi connectivity index (χ3n) is 4.56. The lowest BCUT2D eigenvalue weighted by atomic mass is 10.1. The number of allylic oxidation sites excluding steroid dienone is 1. The number of nitrogens with zero attached hydrogens (tertiary/aromatic N) is 3. The first-order chi connectivity index (χ1) is 12.2. The van der Waals surface area contributed by atoms with E-state index in [1.807, 2.05) is 10.9 Å². The molecule has 0 bridgehead atoms. The topological polar surface area (TPSA) is 58.5 Å². The first kappa shape index (κ1) is 15.7. The van der Waals surface area contributed by atoms with E-state index in [9.17, 15) is 0 Å². The van der Waals surface area contributed by atoms with Gasteiger partial charge in [-0.05, 0) is 42.5 Å². The lowest BCUT2D eigenvalue weighted by Crippen LogP contribution is -2.01. The lowest BCUT2D eigenvalue weighted by molar-refractivity contribution is 0.876. The number of aromatic amines is 1. The Balaban J connectivity index is 1.40. The largest absolute Gasteiger partial charge is 0.343 e. The van der Waals surface area contributed by atoms with Gasteiger partial charge in [-0.3, -0.25) is 5.10 Å². The van der Waals surface area contributed by atoms with Crippen LogP contribution in [0.15, 0.2) is 55.0 Å². The predicted octanol–water partition coefficient (Wildman–Crippen LogP) is 4.20. The molecule has 0 spiro atoms. The van der Waals surface area contributed by atoms with Crippen LogP contribution in [0.25, 0.3) is 5.69 Å². The maximum absolute atomic E-state index is 4.48. The summed E-state index contributed by atoms with van der Waals surface area (Å²) in [6.07, 6.45) is 8.23. The quantitative estimate of drug-likeness (QED) is 0.681.